The number of hydrogen-bond donors (Lipinski definition) is 0. The van der Waals surface area contributed by atoms with Crippen LogP contribution in [0.1, 0.15) is 114 Å². The van der Waals surface area contributed by atoms with Gasteiger partial charge in [0, 0.05) is 47.5 Å². The monoisotopic (exact) mass is 672 g/mol. The van der Waals surface area contributed by atoms with E-state index in [2.05, 4.69) is 18.2 Å². The molecule has 2 atom stereocenters. The molecule has 4 aliphatic carbocycles. The fourth-order valence-electron chi connectivity index (χ4n) is 9.77. The average molecular weight is 673 g/mol. The molecule has 0 aliphatic heterocycles. The molecule has 0 amide bonds. The van der Waals surface area contributed by atoms with Crippen LogP contribution in [0.25, 0.3) is 0 Å². The fourth-order valence-corrected chi connectivity index (χ4v) is 9.90. The van der Waals surface area contributed by atoms with Crippen molar-refractivity contribution in [3.63, 3.8) is 0 Å². The zero-order valence-electron chi connectivity index (χ0n) is 28.7. The molecule has 0 bridgehead atoms. The SMILES string of the molecule is CC(CC(=O)COc1ccc(Cl)cc1)(CC(=O)C1CCC(C2Cc3ccccc3CC2=O)CC1)C(=O)C1CCC(C2CCCCC2)CC1. The van der Waals surface area contributed by atoms with Crippen molar-refractivity contribution >= 4 is 34.7 Å². The predicted molar refractivity (Wildman–Crippen MR) is 189 cm³/mol. The van der Waals surface area contributed by atoms with Gasteiger partial charge in [-0.05, 0) is 111 Å². The summed E-state index contributed by atoms with van der Waals surface area (Å²) in [5.74, 6) is 2.53. The van der Waals surface area contributed by atoms with Crippen LogP contribution < -0.4 is 4.74 Å². The van der Waals surface area contributed by atoms with Crippen LogP contribution in [-0.4, -0.2) is 29.7 Å². The number of Topliss-reactive ketones (excluding diaryl/α,β-unsaturated/α-hetero) is 4. The molecular formula is C42H53ClO5. The van der Waals surface area contributed by atoms with Gasteiger partial charge in [0.15, 0.2) is 5.78 Å². The molecule has 0 saturated heterocycles. The largest absolute Gasteiger partial charge is 0.486 e. The first kappa shape index (κ1) is 35.1. The maximum absolute atomic E-state index is 14.4. The first-order chi connectivity index (χ1) is 23.2. The molecule has 3 saturated carbocycles. The Labute approximate surface area is 291 Å². The minimum absolute atomic E-state index is 0.0129. The van der Waals surface area contributed by atoms with E-state index in [1.165, 1.54) is 37.7 Å². The molecule has 3 fully saturated rings. The second kappa shape index (κ2) is 15.8. The first-order valence-corrected chi connectivity index (χ1v) is 19.1. The van der Waals surface area contributed by atoms with Crippen molar-refractivity contribution in [3.8, 4) is 5.75 Å². The van der Waals surface area contributed by atoms with Gasteiger partial charge >= 0.3 is 0 Å². The third-order valence-corrected chi connectivity index (χ3v) is 12.8. The van der Waals surface area contributed by atoms with E-state index in [1.54, 1.807) is 24.3 Å². The smallest absolute Gasteiger partial charge is 0.171 e. The van der Waals surface area contributed by atoms with Gasteiger partial charge in [-0.15, -0.1) is 0 Å². The summed E-state index contributed by atoms with van der Waals surface area (Å²) in [6, 6.07) is 15.2. The Kier molecular flexibility index (Phi) is 11.6. The predicted octanol–water partition coefficient (Wildman–Crippen LogP) is 9.39. The minimum Gasteiger partial charge on any atom is -0.486 e. The number of ether oxygens (including phenoxy) is 1. The Morgan fingerprint density at radius 3 is 2.02 bits per heavy atom. The highest BCUT2D eigenvalue weighted by Crippen LogP contribution is 2.45. The number of carbonyl (C=O) groups is 4. The highest BCUT2D eigenvalue weighted by atomic mass is 35.5. The van der Waals surface area contributed by atoms with Crippen LogP contribution >= 0.6 is 11.6 Å². The van der Waals surface area contributed by atoms with Crippen LogP contribution in [0.2, 0.25) is 5.02 Å². The molecular weight excluding hydrogens is 620 g/mol. The Morgan fingerprint density at radius 2 is 1.33 bits per heavy atom. The van der Waals surface area contributed by atoms with Crippen LogP contribution in [0.5, 0.6) is 5.75 Å². The Bertz CT molecular complexity index is 1440. The van der Waals surface area contributed by atoms with Gasteiger partial charge in [-0.25, -0.2) is 0 Å². The van der Waals surface area contributed by atoms with E-state index in [1.807, 2.05) is 13.0 Å². The summed E-state index contributed by atoms with van der Waals surface area (Å²) in [5, 5.41) is 0.591. The minimum atomic E-state index is -1.04. The standard InChI is InChI=1S/C42H53ClO5/c1-42(25-36(44)27-48-37-21-19-35(43)20-22-37,41(47)32-17-11-29(12-18-32)28-7-3-2-4-8-28)26-40(46)31-15-13-30(14-16-31)38-23-33-9-5-6-10-34(33)24-39(38)45/h5-6,9-10,19-22,28-32,38H,2-4,7-8,11-18,23-27H2,1H3. The number of fused-ring (bicyclic) bond motifs is 1. The van der Waals surface area contributed by atoms with Crippen molar-refractivity contribution in [2.75, 3.05) is 6.61 Å². The van der Waals surface area contributed by atoms with Gasteiger partial charge in [0.2, 0.25) is 0 Å². The van der Waals surface area contributed by atoms with Gasteiger partial charge in [-0.2, -0.15) is 0 Å². The van der Waals surface area contributed by atoms with Crippen LogP contribution in [0, 0.1) is 40.9 Å². The first-order valence-electron chi connectivity index (χ1n) is 18.7. The molecule has 6 rings (SSSR count). The molecule has 4 aliphatic rings. The molecule has 5 nitrogen and oxygen atoms in total. The molecule has 0 radical (unpaired) electrons. The lowest BCUT2D eigenvalue weighted by Gasteiger charge is -2.39. The normalized spacial score (nSPS) is 27.8. The second-order valence-electron chi connectivity index (χ2n) is 15.9. The summed E-state index contributed by atoms with van der Waals surface area (Å²) in [7, 11) is 0. The van der Waals surface area contributed by atoms with E-state index < -0.39 is 5.41 Å². The zero-order valence-corrected chi connectivity index (χ0v) is 29.5. The van der Waals surface area contributed by atoms with E-state index in [0.29, 0.717) is 34.8 Å². The van der Waals surface area contributed by atoms with Gasteiger partial charge in [0.05, 0.1) is 0 Å². The maximum Gasteiger partial charge on any atom is 0.171 e. The van der Waals surface area contributed by atoms with Crippen LogP contribution in [0.3, 0.4) is 0 Å². The molecule has 0 heterocycles. The summed E-state index contributed by atoms with van der Waals surface area (Å²) in [4.78, 5) is 54.9. The number of halogens is 1. The lowest BCUT2D eigenvalue weighted by atomic mass is 9.64. The number of rotatable bonds is 12. The number of hydrogen-bond acceptors (Lipinski definition) is 5. The molecule has 6 heteroatoms. The maximum atomic E-state index is 14.4. The Hall–Kier alpha value is -2.79. The van der Waals surface area contributed by atoms with Crippen molar-refractivity contribution < 1.29 is 23.9 Å². The van der Waals surface area contributed by atoms with Crippen LogP contribution in [-0.2, 0) is 32.0 Å². The van der Waals surface area contributed by atoms with E-state index >= 15 is 0 Å². The number of benzene rings is 2. The van der Waals surface area contributed by atoms with E-state index in [0.717, 1.165) is 69.3 Å². The third-order valence-electron chi connectivity index (χ3n) is 12.6. The van der Waals surface area contributed by atoms with Gasteiger partial charge in [0.1, 0.15) is 29.7 Å². The highest BCUT2D eigenvalue weighted by molar-refractivity contribution is 6.30. The average Bonchev–Trinajstić information content (AvgIpc) is 3.11. The van der Waals surface area contributed by atoms with Crippen molar-refractivity contribution in [3.05, 3.63) is 64.7 Å². The third kappa shape index (κ3) is 8.49. The van der Waals surface area contributed by atoms with Crippen molar-refractivity contribution in [2.45, 2.75) is 116 Å². The summed E-state index contributed by atoms with van der Waals surface area (Å²) in [6.45, 7) is 1.72. The summed E-state index contributed by atoms with van der Waals surface area (Å²) in [5.41, 5.74) is 1.40. The van der Waals surface area contributed by atoms with Crippen molar-refractivity contribution in [1.82, 2.24) is 0 Å². The van der Waals surface area contributed by atoms with E-state index in [4.69, 9.17) is 16.3 Å². The highest BCUT2D eigenvalue weighted by Gasteiger charge is 2.44. The zero-order chi connectivity index (χ0) is 33.7. The van der Waals surface area contributed by atoms with Crippen LogP contribution in [0.4, 0.5) is 0 Å². The second-order valence-corrected chi connectivity index (χ2v) is 16.3. The fraction of sp³-hybridized carbons (Fsp3) is 0.619. The van der Waals surface area contributed by atoms with Gasteiger partial charge in [0.25, 0.3) is 0 Å². The molecule has 48 heavy (non-hydrogen) atoms. The van der Waals surface area contributed by atoms with E-state index in [9.17, 15) is 19.2 Å². The molecule has 258 valence electrons. The summed E-state index contributed by atoms with van der Waals surface area (Å²) in [6.07, 6.45) is 15.2. The summed E-state index contributed by atoms with van der Waals surface area (Å²) >= 11 is 6.00. The molecule has 0 aromatic heterocycles. The van der Waals surface area contributed by atoms with Crippen LogP contribution in [0.15, 0.2) is 48.5 Å². The van der Waals surface area contributed by atoms with E-state index in [-0.39, 0.29) is 54.6 Å². The Morgan fingerprint density at radius 1 is 0.729 bits per heavy atom. The molecule has 2 aromatic carbocycles. The lowest BCUT2D eigenvalue weighted by Crippen LogP contribution is -2.41. The molecule has 2 aromatic rings. The lowest BCUT2D eigenvalue weighted by molar-refractivity contribution is -0.142. The van der Waals surface area contributed by atoms with Crippen molar-refractivity contribution in [1.29, 1.82) is 0 Å². The summed E-state index contributed by atoms with van der Waals surface area (Å²) < 4.78 is 5.76. The number of ketones is 4. The quantitative estimate of drug-likeness (QED) is 0.225. The molecule has 0 spiro atoms. The topological polar surface area (TPSA) is 77.5 Å². The van der Waals surface area contributed by atoms with Gasteiger partial charge in [-0.3, -0.25) is 19.2 Å². The van der Waals surface area contributed by atoms with Gasteiger partial charge in [-0.1, -0.05) is 74.9 Å². The molecule has 0 N–H and O–H groups in total. The van der Waals surface area contributed by atoms with Gasteiger partial charge < -0.3 is 4.74 Å². The molecule has 2 unspecified atom stereocenters. The Balaban J connectivity index is 1.08. The van der Waals surface area contributed by atoms with Crippen molar-refractivity contribution in [2.24, 2.45) is 40.9 Å². The number of carbonyl (C=O) groups excluding carboxylic acids is 4.